The SMILES string of the molecule is C=CC(=O)O.C=CC(=O)OCCOC. The van der Waals surface area contributed by atoms with Crippen molar-refractivity contribution in [1.82, 2.24) is 0 Å². The third-order valence-electron chi connectivity index (χ3n) is 0.873. The zero-order valence-corrected chi connectivity index (χ0v) is 8.06. The number of aliphatic carboxylic acids is 1. The predicted octanol–water partition coefficient (Wildman–Crippen LogP) is 0.619. The summed E-state index contributed by atoms with van der Waals surface area (Å²) in [5, 5.41) is 7.60. The molecule has 0 unspecified atom stereocenters. The largest absolute Gasteiger partial charge is 0.478 e. The van der Waals surface area contributed by atoms with Gasteiger partial charge in [0.1, 0.15) is 6.61 Å². The molecule has 14 heavy (non-hydrogen) atoms. The number of carboxylic acids is 1. The first-order chi connectivity index (χ1) is 6.58. The normalized spacial score (nSPS) is 7.79. The first-order valence-electron chi connectivity index (χ1n) is 3.72. The zero-order valence-electron chi connectivity index (χ0n) is 8.06. The number of carbonyl (C=O) groups is 2. The van der Waals surface area contributed by atoms with E-state index in [1.54, 1.807) is 7.11 Å². The van der Waals surface area contributed by atoms with E-state index in [1.165, 1.54) is 0 Å². The third kappa shape index (κ3) is 16.8. The lowest BCUT2D eigenvalue weighted by Gasteiger charge is -1.98. The van der Waals surface area contributed by atoms with Crippen molar-refractivity contribution < 1.29 is 24.2 Å². The van der Waals surface area contributed by atoms with Gasteiger partial charge in [0.05, 0.1) is 6.61 Å². The van der Waals surface area contributed by atoms with Gasteiger partial charge in [0.2, 0.25) is 0 Å². The highest BCUT2D eigenvalue weighted by molar-refractivity contribution is 5.81. The second-order valence-corrected chi connectivity index (χ2v) is 1.91. The standard InChI is InChI=1S/C6H10O3.C3H4O2/c1-3-6(7)9-5-4-8-2;1-2-3(4)5/h3H,1,4-5H2,2H3;2H,1H2,(H,4,5). The van der Waals surface area contributed by atoms with Crippen molar-refractivity contribution in [3.63, 3.8) is 0 Å². The van der Waals surface area contributed by atoms with Gasteiger partial charge in [0.15, 0.2) is 0 Å². The Bertz CT molecular complexity index is 197. The van der Waals surface area contributed by atoms with Crippen LogP contribution in [0.1, 0.15) is 0 Å². The van der Waals surface area contributed by atoms with Crippen LogP contribution in [0.4, 0.5) is 0 Å². The minimum atomic E-state index is -0.981. The molecule has 0 aliphatic carbocycles. The number of methoxy groups -OCH3 is 1. The van der Waals surface area contributed by atoms with E-state index in [4.69, 9.17) is 5.11 Å². The number of ether oxygens (including phenoxy) is 2. The van der Waals surface area contributed by atoms with Gasteiger partial charge in [-0.2, -0.15) is 0 Å². The molecular formula is C9H14O5. The van der Waals surface area contributed by atoms with Crippen molar-refractivity contribution >= 4 is 11.9 Å². The first-order valence-corrected chi connectivity index (χ1v) is 3.72. The van der Waals surface area contributed by atoms with Crippen LogP contribution in [0.15, 0.2) is 25.3 Å². The van der Waals surface area contributed by atoms with Crippen molar-refractivity contribution in [3.8, 4) is 0 Å². The number of esters is 1. The van der Waals surface area contributed by atoms with Gasteiger partial charge in [-0.15, -0.1) is 0 Å². The van der Waals surface area contributed by atoms with Crippen molar-refractivity contribution in [2.24, 2.45) is 0 Å². The lowest BCUT2D eigenvalue weighted by Crippen LogP contribution is -2.06. The molecule has 0 rings (SSSR count). The second-order valence-electron chi connectivity index (χ2n) is 1.91. The molecule has 80 valence electrons. The average molecular weight is 202 g/mol. The van der Waals surface area contributed by atoms with Crippen molar-refractivity contribution in [3.05, 3.63) is 25.3 Å². The van der Waals surface area contributed by atoms with Crippen LogP contribution in [0.25, 0.3) is 0 Å². The summed E-state index contributed by atoms with van der Waals surface area (Å²) in [6.07, 6.45) is 1.95. The second kappa shape index (κ2) is 11.4. The fraction of sp³-hybridized carbons (Fsp3) is 0.333. The molecule has 0 amide bonds. The Balaban J connectivity index is 0. The molecule has 0 aliphatic heterocycles. The minimum absolute atomic E-state index is 0.293. The predicted molar refractivity (Wildman–Crippen MR) is 50.9 cm³/mol. The highest BCUT2D eigenvalue weighted by atomic mass is 16.6. The van der Waals surface area contributed by atoms with Crippen LogP contribution in [-0.4, -0.2) is 37.4 Å². The molecule has 0 aromatic rings. The van der Waals surface area contributed by atoms with Gasteiger partial charge in [0, 0.05) is 19.3 Å². The van der Waals surface area contributed by atoms with E-state index in [1.807, 2.05) is 0 Å². The Labute approximate surface area is 82.6 Å². The van der Waals surface area contributed by atoms with Crippen LogP contribution in [0, 0.1) is 0 Å². The van der Waals surface area contributed by atoms with Gasteiger partial charge in [-0.05, 0) is 0 Å². The van der Waals surface area contributed by atoms with E-state index in [0.717, 1.165) is 12.2 Å². The number of hydrogen-bond acceptors (Lipinski definition) is 4. The molecule has 0 saturated heterocycles. The Morgan fingerprint density at radius 3 is 2.07 bits per heavy atom. The van der Waals surface area contributed by atoms with Crippen molar-refractivity contribution in [2.45, 2.75) is 0 Å². The van der Waals surface area contributed by atoms with E-state index >= 15 is 0 Å². The Kier molecular flexibility index (Phi) is 12.1. The molecule has 0 radical (unpaired) electrons. The molecule has 1 N–H and O–H groups in total. The van der Waals surface area contributed by atoms with Crippen LogP contribution >= 0.6 is 0 Å². The maximum Gasteiger partial charge on any atom is 0.330 e. The van der Waals surface area contributed by atoms with E-state index in [-0.39, 0.29) is 0 Å². The van der Waals surface area contributed by atoms with E-state index in [0.29, 0.717) is 13.2 Å². The molecule has 0 bridgehead atoms. The van der Waals surface area contributed by atoms with Crippen molar-refractivity contribution in [1.29, 1.82) is 0 Å². The maximum atomic E-state index is 10.3. The lowest BCUT2D eigenvalue weighted by atomic mass is 10.6. The van der Waals surface area contributed by atoms with Crippen LogP contribution in [0.3, 0.4) is 0 Å². The van der Waals surface area contributed by atoms with Crippen LogP contribution in [0.2, 0.25) is 0 Å². The zero-order chi connectivity index (χ0) is 11.4. The molecule has 0 fully saturated rings. The molecule has 0 aliphatic rings. The molecule has 0 heterocycles. The molecule has 5 nitrogen and oxygen atoms in total. The number of hydrogen-bond donors (Lipinski definition) is 1. The summed E-state index contributed by atoms with van der Waals surface area (Å²) in [5.74, 6) is -1.39. The quantitative estimate of drug-likeness (QED) is 0.402. The van der Waals surface area contributed by atoms with Gasteiger partial charge in [-0.25, -0.2) is 9.59 Å². The molecule has 0 aromatic carbocycles. The fourth-order valence-electron chi connectivity index (χ4n) is 0.285. The van der Waals surface area contributed by atoms with Crippen LogP contribution in [-0.2, 0) is 19.1 Å². The molecule has 5 heteroatoms. The highest BCUT2D eigenvalue weighted by Crippen LogP contribution is 1.78. The van der Waals surface area contributed by atoms with Gasteiger partial charge in [-0.1, -0.05) is 13.2 Å². The molecule has 0 atom stereocenters. The van der Waals surface area contributed by atoms with E-state index < -0.39 is 11.9 Å². The van der Waals surface area contributed by atoms with Gasteiger partial charge < -0.3 is 14.6 Å². The summed E-state index contributed by atoms with van der Waals surface area (Å²) in [7, 11) is 1.54. The van der Waals surface area contributed by atoms with Gasteiger partial charge >= 0.3 is 11.9 Å². The highest BCUT2D eigenvalue weighted by Gasteiger charge is 1.91. The summed E-state index contributed by atoms with van der Waals surface area (Å²) in [4.78, 5) is 19.5. The van der Waals surface area contributed by atoms with E-state index in [9.17, 15) is 9.59 Å². The van der Waals surface area contributed by atoms with Gasteiger partial charge in [0.25, 0.3) is 0 Å². The fourth-order valence-corrected chi connectivity index (χ4v) is 0.285. The summed E-state index contributed by atoms with van der Waals surface area (Å²) < 4.78 is 9.17. The summed E-state index contributed by atoms with van der Waals surface area (Å²) in [5.41, 5.74) is 0. The van der Waals surface area contributed by atoms with Crippen LogP contribution < -0.4 is 0 Å². The molecular weight excluding hydrogens is 188 g/mol. The van der Waals surface area contributed by atoms with Gasteiger partial charge in [-0.3, -0.25) is 0 Å². The van der Waals surface area contributed by atoms with Crippen molar-refractivity contribution in [2.75, 3.05) is 20.3 Å². The average Bonchev–Trinajstić information content (AvgIpc) is 2.19. The lowest BCUT2D eigenvalue weighted by molar-refractivity contribution is -0.139. The Morgan fingerprint density at radius 1 is 1.29 bits per heavy atom. The maximum absolute atomic E-state index is 10.3. The molecule has 0 spiro atoms. The third-order valence-corrected chi connectivity index (χ3v) is 0.873. The number of rotatable bonds is 5. The molecule has 0 saturated carbocycles. The minimum Gasteiger partial charge on any atom is -0.478 e. The first kappa shape index (κ1) is 14.9. The number of carbonyl (C=O) groups excluding carboxylic acids is 1. The Hall–Kier alpha value is -1.62. The van der Waals surface area contributed by atoms with E-state index in [2.05, 4.69) is 22.6 Å². The summed E-state index contributed by atoms with van der Waals surface area (Å²) in [6.45, 7) is 6.91. The number of carboxylic acid groups (broad SMARTS) is 1. The topological polar surface area (TPSA) is 72.8 Å². The van der Waals surface area contributed by atoms with Crippen LogP contribution in [0.5, 0.6) is 0 Å². The smallest absolute Gasteiger partial charge is 0.330 e. The summed E-state index contributed by atoms with van der Waals surface area (Å²) in [6, 6.07) is 0. The Morgan fingerprint density at radius 2 is 1.79 bits per heavy atom. The molecule has 0 aromatic heterocycles. The summed E-state index contributed by atoms with van der Waals surface area (Å²) >= 11 is 0. The monoisotopic (exact) mass is 202 g/mol.